The summed E-state index contributed by atoms with van der Waals surface area (Å²) in [5, 5.41) is 11.3. The predicted molar refractivity (Wildman–Crippen MR) is 139 cm³/mol. The highest BCUT2D eigenvalue weighted by Gasteiger charge is 2.47. The molecule has 1 fully saturated rings. The van der Waals surface area contributed by atoms with E-state index in [4.69, 9.17) is 4.74 Å². The highest BCUT2D eigenvalue weighted by Crippen LogP contribution is 2.43. The smallest absolute Gasteiger partial charge is 0.300 e. The summed E-state index contributed by atoms with van der Waals surface area (Å²) in [5.74, 6) is -0.552. The Morgan fingerprint density at radius 2 is 1.71 bits per heavy atom. The number of hydrogen-bond acceptors (Lipinski definition) is 4. The van der Waals surface area contributed by atoms with Crippen LogP contribution in [0, 0.1) is 12.8 Å². The molecule has 1 amide bonds. The van der Waals surface area contributed by atoms with E-state index in [9.17, 15) is 14.7 Å². The van der Waals surface area contributed by atoms with Crippen molar-refractivity contribution in [3.8, 4) is 5.75 Å². The second kappa shape index (κ2) is 10.2. The van der Waals surface area contributed by atoms with Crippen LogP contribution >= 0.6 is 0 Å². The average molecular weight is 470 g/mol. The van der Waals surface area contributed by atoms with Crippen molar-refractivity contribution in [3.63, 3.8) is 0 Å². The molecule has 0 radical (unpaired) electrons. The van der Waals surface area contributed by atoms with Gasteiger partial charge in [-0.05, 0) is 60.2 Å². The summed E-state index contributed by atoms with van der Waals surface area (Å²) in [6.45, 7) is 8.67. The normalized spacial score (nSPS) is 17.3. The fraction of sp³-hybridized carbons (Fsp3) is 0.267. The molecule has 180 valence electrons. The second-order valence-electron chi connectivity index (χ2n) is 9.34. The van der Waals surface area contributed by atoms with Crippen molar-refractivity contribution >= 4 is 23.1 Å². The molecule has 1 saturated heterocycles. The summed E-state index contributed by atoms with van der Waals surface area (Å²) in [6.07, 6.45) is 0.863. The van der Waals surface area contributed by atoms with Crippen molar-refractivity contribution in [3.05, 3.63) is 101 Å². The Hall–Kier alpha value is -3.86. The molecular weight excluding hydrogens is 438 g/mol. The van der Waals surface area contributed by atoms with Gasteiger partial charge < -0.3 is 9.84 Å². The van der Waals surface area contributed by atoms with Crippen LogP contribution in [0.1, 0.15) is 49.1 Å². The Morgan fingerprint density at radius 1 is 1.00 bits per heavy atom. The highest BCUT2D eigenvalue weighted by atomic mass is 16.5. The number of amides is 1. The van der Waals surface area contributed by atoms with Gasteiger partial charge in [-0.2, -0.15) is 0 Å². The van der Waals surface area contributed by atoms with E-state index in [1.807, 2.05) is 61.5 Å². The van der Waals surface area contributed by atoms with E-state index in [1.165, 1.54) is 4.90 Å². The van der Waals surface area contributed by atoms with Gasteiger partial charge in [-0.3, -0.25) is 14.5 Å². The largest absolute Gasteiger partial charge is 0.507 e. The number of ketones is 1. The summed E-state index contributed by atoms with van der Waals surface area (Å²) >= 11 is 0. The summed E-state index contributed by atoms with van der Waals surface area (Å²) in [7, 11) is 0. The van der Waals surface area contributed by atoms with Crippen LogP contribution < -0.4 is 9.64 Å². The van der Waals surface area contributed by atoms with Crippen LogP contribution in [0.15, 0.2) is 78.4 Å². The quantitative estimate of drug-likeness (QED) is 0.253. The monoisotopic (exact) mass is 469 g/mol. The molecule has 1 aliphatic rings. The first-order chi connectivity index (χ1) is 16.8. The predicted octanol–water partition coefficient (Wildman–Crippen LogP) is 6.22. The molecule has 0 aliphatic carbocycles. The topological polar surface area (TPSA) is 66.8 Å². The van der Waals surface area contributed by atoms with Crippen LogP contribution in [-0.4, -0.2) is 23.4 Å². The van der Waals surface area contributed by atoms with E-state index >= 15 is 0 Å². The third-order valence-corrected chi connectivity index (χ3v) is 6.12. The number of carbonyl (C=O) groups is 2. The average Bonchev–Trinajstić information content (AvgIpc) is 3.13. The van der Waals surface area contributed by atoms with Gasteiger partial charge in [-0.25, -0.2) is 0 Å². The SMILES string of the molecule is CCc1ccc(/C(O)=C2\C(=O)C(=O)N(c3cccc(C)c3)C2c2cccc(OCC(C)C)c2)cc1. The summed E-state index contributed by atoms with van der Waals surface area (Å²) in [4.78, 5) is 28.2. The number of hydrogen-bond donors (Lipinski definition) is 1. The Labute approximate surface area is 206 Å². The Morgan fingerprint density at radius 3 is 2.37 bits per heavy atom. The van der Waals surface area contributed by atoms with Gasteiger partial charge in [0.15, 0.2) is 0 Å². The van der Waals surface area contributed by atoms with Gasteiger partial charge in [0.25, 0.3) is 11.7 Å². The molecule has 5 nitrogen and oxygen atoms in total. The number of anilines is 1. The molecule has 35 heavy (non-hydrogen) atoms. The van der Waals surface area contributed by atoms with Gasteiger partial charge >= 0.3 is 0 Å². The lowest BCUT2D eigenvalue weighted by molar-refractivity contribution is -0.132. The number of aryl methyl sites for hydroxylation is 2. The molecule has 1 heterocycles. The number of benzene rings is 3. The number of aliphatic hydroxyl groups excluding tert-OH is 1. The molecule has 4 rings (SSSR count). The number of aliphatic hydroxyl groups is 1. The lowest BCUT2D eigenvalue weighted by atomic mass is 9.94. The first-order valence-corrected chi connectivity index (χ1v) is 12.0. The molecule has 3 aromatic carbocycles. The van der Waals surface area contributed by atoms with E-state index in [1.54, 1.807) is 18.2 Å². The van der Waals surface area contributed by atoms with Crippen LogP contribution in [0.2, 0.25) is 0 Å². The fourth-order valence-electron chi connectivity index (χ4n) is 4.28. The zero-order chi connectivity index (χ0) is 25.1. The van der Waals surface area contributed by atoms with E-state index in [0.29, 0.717) is 35.1 Å². The molecule has 1 N–H and O–H groups in total. The molecule has 0 saturated carbocycles. The van der Waals surface area contributed by atoms with Gasteiger partial charge in [0.2, 0.25) is 0 Å². The highest BCUT2D eigenvalue weighted by molar-refractivity contribution is 6.51. The lowest BCUT2D eigenvalue weighted by Gasteiger charge is -2.26. The standard InChI is InChI=1S/C30H31NO4/c1-5-21-12-14-22(15-13-21)28(32)26-27(23-9-7-11-25(17-23)35-18-19(2)3)31(30(34)29(26)33)24-10-6-8-20(4)16-24/h6-17,19,27,32H,5,18H2,1-4H3/b28-26+. The van der Waals surface area contributed by atoms with Crippen molar-refractivity contribution in [2.24, 2.45) is 5.92 Å². The maximum Gasteiger partial charge on any atom is 0.300 e. The van der Waals surface area contributed by atoms with Crippen molar-refractivity contribution < 1.29 is 19.4 Å². The van der Waals surface area contributed by atoms with Crippen molar-refractivity contribution in [1.29, 1.82) is 0 Å². The van der Waals surface area contributed by atoms with Crippen LogP contribution in [0.25, 0.3) is 5.76 Å². The zero-order valence-corrected chi connectivity index (χ0v) is 20.6. The number of nitrogens with zero attached hydrogens (tertiary/aromatic N) is 1. The van der Waals surface area contributed by atoms with E-state index in [0.717, 1.165) is 17.5 Å². The van der Waals surface area contributed by atoms with Crippen molar-refractivity contribution in [2.45, 2.75) is 40.2 Å². The number of Topliss-reactive ketones (excluding diaryl/α,β-unsaturated/α-hetero) is 1. The van der Waals surface area contributed by atoms with Crippen LogP contribution in [-0.2, 0) is 16.0 Å². The van der Waals surface area contributed by atoms with Crippen LogP contribution in [0.4, 0.5) is 5.69 Å². The maximum absolute atomic E-state index is 13.4. The van der Waals surface area contributed by atoms with Gasteiger partial charge in [0, 0.05) is 11.3 Å². The third-order valence-electron chi connectivity index (χ3n) is 6.12. The second-order valence-corrected chi connectivity index (χ2v) is 9.34. The van der Waals surface area contributed by atoms with Gasteiger partial charge in [-0.15, -0.1) is 0 Å². The molecule has 3 aromatic rings. The molecular formula is C30H31NO4. The maximum atomic E-state index is 13.4. The Kier molecular flexibility index (Phi) is 7.06. The number of carbonyl (C=O) groups excluding carboxylic acids is 2. The van der Waals surface area contributed by atoms with Gasteiger partial charge in [0.1, 0.15) is 11.5 Å². The first-order valence-electron chi connectivity index (χ1n) is 12.0. The molecule has 0 aromatic heterocycles. The Balaban J connectivity index is 1.88. The zero-order valence-electron chi connectivity index (χ0n) is 20.6. The molecule has 1 aliphatic heterocycles. The minimum atomic E-state index is -0.787. The van der Waals surface area contributed by atoms with E-state index in [2.05, 4.69) is 20.8 Å². The van der Waals surface area contributed by atoms with Crippen LogP contribution in [0.5, 0.6) is 5.75 Å². The van der Waals surface area contributed by atoms with Gasteiger partial charge in [0.05, 0.1) is 18.2 Å². The summed E-state index contributed by atoms with van der Waals surface area (Å²) < 4.78 is 5.92. The van der Waals surface area contributed by atoms with E-state index < -0.39 is 17.7 Å². The first kappa shape index (κ1) is 24.3. The van der Waals surface area contributed by atoms with Crippen LogP contribution in [0.3, 0.4) is 0 Å². The molecule has 5 heteroatoms. The van der Waals surface area contributed by atoms with Crippen molar-refractivity contribution in [2.75, 3.05) is 11.5 Å². The summed E-state index contributed by atoms with van der Waals surface area (Å²) in [6, 6.07) is 21.5. The fourth-order valence-corrected chi connectivity index (χ4v) is 4.28. The minimum absolute atomic E-state index is 0.0711. The van der Waals surface area contributed by atoms with E-state index in [-0.39, 0.29) is 11.3 Å². The lowest BCUT2D eigenvalue weighted by Crippen LogP contribution is -2.29. The molecule has 1 atom stereocenters. The molecule has 1 unspecified atom stereocenters. The number of rotatable bonds is 7. The number of ether oxygens (including phenoxy) is 1. The molecule has 0 bridgehead atoms. The molecule has 0 spiro atoms. The Bertz CT molecular complexity index is 1270. The minimum Gasteiger partial charge on any atom is -0.507 e. The van der Waals surface area contributed by atoms with Crippen molar-refractivity contribution in [1.82, 2.24) is 0 Å². The third kappa shape index (κ3) is 4.99. The summed E-state index contributed by atoms with van der Waals surface area (Å²) in [5.41, 5.74) is 3.95. The van der Waals surface area contributed by atoms with Gasteiger partial charge in [-0.1, -0.05) is 69.3 Å².